The summed E-state index contributed by atoms with van der Waals surface area (Å²) < 4.78 is 13.3. The number of nitrogens with zero attached hydrogens (tertiary/aromatic N) is 1. The second kappa shape index (κ2) is 5.92. The number of rotatable bonds is 4. The molecule has 1 aliphatic rings. The fraction of sp³-hybridized carbons (Fsp3) is 0.562. The van der Waals surface area contributed by atoms with Crippen molar-refractivity contribution in [2.75, 3.05) is 13.1 Å². The average Bonchev–Trinajstić information content (AvgIpc) is 2.43. The molecule has 1 saturated heterocycles. The monoisotopic (exact) mass is 279 g/mol. The molecule has 0 spiro atoms. The van der Waals surface area contributed by atoms with Crippen molar-refractivity contribution in [3.63, 3.8) is 0 Å². The lowest BCUT2D eigenvalue weighted by atomic mass is 9.77. The van der Waals surface area contributed by atoms with Crippen LogP contribution in [0.25, 0.3) is 0 Å². The van der Waals surface area contributed by atoms with Crippen LogP contribution in [0.1, 0.15) is 37.3 Å². The molecular formula is C16H22FNO2. The van der Waals surface area contributed by atoms with E-state index in [2.05, 4.69) is 4.90 Å². The van der Waals surface area contributed by atoms with E-state index in [9.17, 15) is 14.3 Å². The lowest BCUT2D eigenvalue weighted by molar-refractivity contribution is -0.153. The van der Waals surface area contributed by atoms with Crippen molar-refractivity contribution < 1.29 is 14.3 Å². The van der Waals surface area contributed by atoms with Crippen molar-refractivity contribution in [1.29, 1.82) is 0 Å². The van der Waals surface area contributed by atoms with Crippen LogP contribution in [0, 0.1) is 18.2 Å². The van der Waals surface area contributed by atoms with Crippen LogP contribution in [0.5, 0.6) is 0 Å². The first-order chi connectivity index (χ1) is 9.47. The zero-order chi connectivity index (χ0) is 14.8. The van der Waals surface area contributed by atoms with E-state index in [4.69, 9.17) is 0 Å². The van der Waals surface area contributed by atoms with E-state index in [1.54, 1.807) is 12.1 Å². The number of likely N-dealkylation sites (tertiary alicyclic amines) is 1. The number of hydrogen-bond donors (Lipinski definition) is 1. The summed E-state index contributed by atoms with van der Waals surface area (Å²) in [6.45, 7) is 5.95. The number of hydrogen-bond acceptors (Lipinski definition) is 2. The summed E-state index contributed by atoms with van der Waals surface area (Å²) in [4.78, 5) is 13.7. The maximum Gasteiger partial charge on any atom is 0.310 e. The highest BCUT2D eigenvalue weighted by Gasteiger charge is 2.40. The maximum absolute atomic E-state index is 13.3. The fourth-order valence-electron chi connectivity index (χ4n) is 3.03. The average molecular weight is 279 g/mol. The van der Waals surface area contributed by atoms with E-state index in [0.29, 0.717) is 19.5 Å². The predicted molar refractivity (Wildman–Crippen MR) is 76.0 cm³/mol. The molecule has 1 N–H and O–H groups in total. The number of piperidine rings is 1. The van der Waals surface area contributed by atoms with Gasteiger partial charge in [-0.15, -0.1) is 0 Å². The number of carboxylic acid groups (broad SMARTS) is 1. The van der Waals surface area contributed by atoms with Gasteiger partial charge in [0.2, 0.25) is 0 Å². The highest BCUT2D eigenvalue weighted by Crippen LogP contribution is 2.34. The minimum atomic E-state index is -0.708. The van der Waals surface area contributed by atoms with Crippen LogP contribution < -0.4 is 0 Å². The van der Waals surface area contributed by atoms with Gasteiger partial charge in [-0.05, 0) is 56.0 Å². The van der Waals surface area contributed by atoms with Gasteiger partial charge in [0.05, 0.1) is 5.41 Å². The summed E-state index contributed by atoms with van der Waals surface area (Å²) >= 11 is 0. The minimum absolute atomic E-state index is 0.234. The predicted octanol–water partition coefficient (Wildman–Crippen LogP) is 3.21. The summed E-state index contributed by atoms with van der Waals surface area (Å²) in [5.74, 6) is -0.941. The smallest absolute Gasteiger partial charge is 0.310 e. The van der Waals surface area contributed by atoms with Gasteiger partial charge >= 0.3 is 5.97 Å². The minimum Gasteiger partial charge on any atom is -0.481 e. The van der Waals surface area contributed by atoms with Crippen molar-refractivity contribution in [2.24, 2.45) is 5.41 Å². The Labute approximate surface area is 119 Å². The molecule has 1 aliphatic heterocycles. The lowest BCUT2D eigenvalue weighted by Crippen LogP contribution is -2.47. The van der Waals surface area contributed by atoms with Gasteiger partial charge in [0.15, 0.2) is 0 Å². The van der Waals surface area contributed by atoms with E-state index >= 15 is 0 Å². The molecule has 1 heterocycles. The van der Waals surface area contributed by atoms with E-state index in [1.165, 1.54) is 6.07 Å². The van der Waals surface area contributed by atoms with Crippen molar-refractivity contribution in [1.82, 2.24) is 4.90 Å². The highest BCUT2D eigenvalue weighted by atomic mass is 19.1. The van der Waals surface area contributed by atoms with Gasteiger partial charge in [0.1, 0.15) is 5.82 Å². The van der Waals surface area contributed by atoms with Crippen LogP contribution in [0.3, 0.4) is 0 Å². The Balaban J connectivity index is 2.13. The Morgan fingerprint density at radius 2 is 2.25 bits per heavy atom. The van der Waals surface area contributed by atoms with Crippen LogP contribution in [-0.2, 0) is 11.3 Å². The van der Waals surface area contributed by atoms with E-state index in [-0.39, 0.29) is 5.82 Å². The van der Waals surface area contributed by atoms with Crippen LogP contribution >= 0.6 is 0 Å². The topological polar surface area (TPSA) is 40.5 Å². The molecule has 1 aromatic carbocycles. The molecule has 0 saturated carbocycles. The molecule has 1 unspecified atom stereocenters. The van der Waals surface area contributed by atoms with Gasteiger partial charge in [-0.3, -0.25) is 9.69 Å². The molecule has 110 valence electrons. The number of carbonyl (C=O) groups is 1. The van der Waals surface area contributed by atoms with E-state index in [0.717, 1.165) is 30.5 Å². The lowest BCUT2D eigenvalue weighted by Gasteiger charge is -2.39. The second-order valence-electron chi connectivity index (χ2n) is 5.82. The Hall–Kier alpha value is -1.42. The van der Waals surface area contributed by atoms with Gasteiger partial charge < -0.3 is 5.11 Å². The Morgan fingerprint density at radius 3 is 2.90 bits per heavy atom. The molecule has 1 fully saturated rings. The largest absolute Gasteiger partial charge is 0.481 e. The van der Waals surface area contributed by atoms with Gasteiger partial charge in [-0.25, -0.2) is 4.39 Å². The van der Waals surface area contributed by atoms with Gasteiger partial charge in [-0.1, -0.05) is 13.0 Å². The quantitative estimate of drug-likeness (QED) is 0.920. The first-order valence-electron chi connectivity index (χ1n) is 7.17. The van der Waals surface area contributed by atoms with Crippen LogP contribution in [-0.4, -0.2) is 29.1 Å². The van der Waals surface area contributed by atoms with E-state index in [1.807, 2.05) is 13.8 Å². The van der Waals surface area contributed by atoms with Crippen LogP contribution in [0.4, 0.5) is 4.39 Å². The van der Waals surface area contributed by atoms with Gasteiger partial charge in [0.25, 0.3) is 0 Å². The summed E-state index contributed by atoms with van der Waals surface area (Å²) in [6.07, 6.45) is 2.26. The molecule has 1 atom stereocenters. The third kappa shape index (κ3) is 3.01. The van der Waals surface area contributed by atoms with Crippen molar-refractivity contribution in [3.05, 3.63) is 35.1 Å². The molecule has 0 radical (unpaired) electrons. The number of aliphatic carboxylic acids is 1. The zero-order valence-corrected chi connectivity index (χ0v) is 12.2. The van der Waals surface area contributed by atoms with Gasteiger partial charge in [0, 0.05) is 13.1 Å². The first kappa shape index (κ1) is 15.0. The molecule has 0 bridgehead atoms. The standard InChI is InChI=1S/C16H22FNO2/c1-3-16(15(19)20)7-4-8-18(11-16)10-13-9-14(17)6-5-12(13)2/h5-6,9H,3-4,7-8,10-11H2,1-2H3,(H,19,20). The summed E-state index contributed by atoms with van der Waals surface area (Å²) in [7, 11) is 0. The van der Waals surface area contributed by atoms with Crippen molar-refractivity contribution >= 4 is 5.97 Å². The molecule has 20 heavy (non-hydrogen) atoms. The second-order valence-corrected chi connectivity index (χ2v) is 5.82. The molecule has 2 rings (SSSR count). The summed E-state index contributed by atoms with van der Waals surface area (Å²) in [5, 5.41) is 9.48. The van der Waals surface area contributed by atoms with Crippen molar-refractivity contribution in [3.8, 4) is 0 Å². The SMILES string of the molecule is CCC1(C(=O)O)CCCN(Cc2cc(F)ccc2C)C1. The Morgan fingerprint density at radius 1 is 1.50 bits per heavy atom. The third-order valence-electron chi connectivity index (χ3n) is 4.49. The summed E-state index contributed by atoms with van der Waals surface area (Å²) in [5.41, 5.74) is 1.36. The van der Waals surface area contributed by atoms with E-state index < -0.39 is 11.4 Å². The fourth-order valence-corrected chi connectivity index (χ4v) is 3.03. The third-order valence-corrected chi connectivity index (χ3v) is 4.49. The molecule has 0 aromatic heterocycles. The highest BCUT2D eigenvalue weighted by molar-refractivity contribution is 5.75. The maximum atomic E-state index is 13.3. The van der Waals surface area contributed by atoms with Crippen LogP contribution in [0.15, 0.2) is 18.2 Å². The molecule has 0 amide bonds. The molecule has 1 aromatic rings. The Bertz CT molecular complexity index is 503. The first-order valence-corrected chi connectivity index (χ1v) is 7.17. The van der Waals surface area contributed by atoms with Gasteiger partial charge in [-0.2, -0.15) is 0 Å². The molecule has 0 aliphatic carbocycles. The van der Waals surface area contributed by atoms with Crippen LogP contribution in [0.2, 0.25) is 0 Å². The normalized spacial score (nSPS) is 23.8. The molecular weight excluding hydrogens is 257 g/mol. The molecule has 4 heteroatoms. The zero-order valence-electron chi connectivity index (χ0n) is 12.2. The van der Waals surface area contributed by atoms with Crippen molar-refractivity contribution in [2.45, 2.75) is 39.7 Å². The number of carboxylic acids is 1. The molecule has 3 nitrogen and oxygen atoms in total. The summed E-state index contributed by atoms with van der Waals surface area (Å²) in [6, 6.07) is 4.79. The number of benzene rings is 1. The Kier molecular flexibility index (Phi) is 4.43. The number of aryl methyl sites for hydroxylation is 1. The number of halogens is 1.